The van der Waals surface area contributed by atoms with Gasteiger partial charge in [-0.2, -0.15) is 0 Å². The number of carbonyl (C=O) groups excluding carboxylic acids is 2. The molecule has 0 aromatic carbocycles. The SMILES string of the molecule is CCC(CC)C(NC(C)=O)[C@@H]1C=C(C(=O)OC)C[C@H]1N. The van der Waals surface area contributed by atoms with Gasteiger partial charge in [-0.1, -0.05) is 32.8 Å². The van der Waals surface area contributed by atoms with E-state index in [0.29, 0.717) is 17.9 Å². The second-order valence-electron chi connectivity index (χ2n) is 5.43. The highest BCUT2D eigenvalue weighted by Crippen LogP contribution is 2.31. The Labute approximate surface area is 120 Å². The zero-order chi connectivity index (χ0) is 15.3. The van der Waals surface area contributed by atoms with E-state index in [-0.39, 0.29) is 29.9 Å². The normalized spacial score (nSPS) is 23.4. The van der Waals surface area contributed by atoms with Gasteiger partial charge in [0.1, 0.15) is 0 Å². The second-order valence-corrected chi connectivity index (χ2v) is 5.43. The number of methoxy groups -OCH3 is 1. The van der Waals surface area contributed by atoms with Crippen LogP contribution in [0.15, 0.2) is 11.6 Å². The molecule has 0 aromatic heterocycles. The molecule has 0 saturated carbocycles. The maximum Gasteiger partial charge on any atom is 0.333 e. The first kappa shape index (κ1) is 16.7. The Balaban J connectivity index is 2.97. The summed E-state index contributed by atoms with van der Waals surface area (Å²) in [6, 6.07) is -0.179. The van der Waals surface area contributed by atoms with E-state index >= 15 is 0 Å². The average Bonchev–Trinajstić information content (AvgIpc) is 2.79. The molecule has 1 amide bonds. The Bertz CT molecular complexity index is 389. The van der Waals surface area contributed by atoms with Gasteiger partial charge in [-0.15, -0.1) is 0 Å². The molecule has 0 fully saturated rings. The highest BCUT2D eigenvalue weighted by atomic mass is 16.5. The lowest BCUT2D eigenvalue weighted by Gasteiger charge is -2.32. The van der Waals surface area contributed by atoms with E-state index in [1.54, 1.807) is 0 Å². The van der Waals surface area contributed by atoms with Gasteiger partial charge >= 0.3 is 5.97 Å². The van der Waals surface area contributed by atoms with Gasteiger partial charge in [0, 0.05) is 30.5 Å². The first-order chi connectivity index (χ1) is 9.44. The molecular formula is C15H26N2O3. The molecule has 1 unspecified atom stereocenters. The quantitative estimate of drug-likeness (QED) is 0.721. The Morgan fingerprint density at radius 2 is 2.05 bits per heavy atom. The van der Waals surface area contributed by atoms with Crippen LogP contribution in [-0.4, -0.2) is 31.1 Å². The van der Waals surface area contributed by atoms with E-state index < -0.39 is 0 Å². The number of ether oxygens (including phenoxy) is 1. The van der Waals surface area contributed by atoms with Gasteiger partial charge in [0.25, 0.3) is 0 Å². The van der Waals surface area contributed by atoms with E-state index in [1.165, 1.54) is 14.0 Å². The average molecular weight is 282 g/mol. The summed E-state index contributed by atoms with van der Waals surface area (Å²) in [7, 11) is 1.37. The number of rotatable bonds is 6. The topological polar surface area (TPSA) is 81.4 Å². The smallest absolute Gasteiger partial charge is 0.333 e. The van der Waals surface area contributed by atoms with Gasteiger partial charge in [0.15, 0.2) is 0 Å². The predicted molar refractivity (Wildman–Crippen MR) is 77.9 cm³/mol. The molecule has 3 atom stereocenters. The molecule has 0 spiro atoms. The molecule has 3 N–H and O–H groups in total. The maximum absolute atomic E-state index is 11.6. The van der Waals surface area contributed by atoms with Crippen molar-refractivity contribution in [1.29, 1.82) is 0 Å². The Kier molecular flexibility index (Phi) is 6.20. The number of amides is 1. The van der Waals surface area contributed by atoms with Crippen molar-refractivity contribution in [2.45, 2.75) is 52.1 Å². The van der Waals surface area contributed by atoms with Crippen molar-refractivity contribution in [3.8, 4) is 0 Å². The molecule has 0 heterocycles. The number of esters is 1. The van der Waals surface area contributed by atoms with Crippen LogP contribution in [0.5, 0.6) is 0 Å². The van der Waals surface area contributed by atoms with Crippen LogP contribution in [0, 0.1) is 11.8 Å². The first-order valence-electron chi connectivity index (χ1n) is 7.26. The maximum atomic E-state index is 11.6. The van der Waals surface area contributed by atoms with Crippen molar-refractivity contribution in [1.82, 2.24) is 5.32 Å². The summed E-state index contributed by atoms with van der Waals surface area (Å²) in [5.74, 6) is -0.0517. The lowest BCUT2D eigenvalue weighted by atomic mass is 9.82. The van der Waals surface area contributed by atoms with Crippen LogP contribution >= 0.6 is 0 Å². The van der Waals surface area contributed by atoms with Gasteiger partial charge < -0.3 is 15.8 Å². The molecular weight excluding hydrogens is 256 g/mol. The number of hydrogen-bond acceptors (Lipinski definition) is 4. The Hall–Kier alpha value is -1.36. The molecule has 0 bridgehead atoms. The van der Waals surface area contributed by atoms with E-state index in [4.69, 9.17) is 10.5 Å². The van der Waals surface area contributed by atoms with Gasteiger partial charge in [-0.05, 0) is 12.3 Å². The van der Waals surface area contributed by atoms with E-state index in [2.05, 4.69) is 19.2 Å². The van der Waals surface area contributed by atoms with Crippen molar-refractivity contribution in [2.24, 2.45) is 17.6 Å². The standard InChI is InChI=1S/C15H26N2O3/c1-5-10(6-2)14(17-9(3)18)12-7-11(8-13(12)16)15(19)20-4/h7,10,12-14H,5-6,8,16H2,1-4H3,(H,17,18)/t12-,13-,14?/m1/s1. The highest BCUT2D eigenvalue weighted by Gasteiger charge is 2.37. The monoisotopic (exact) mass is 282 g/mol. The fourth-order valence-corrected chi connectivity index (χ4v) is 3.03. The summed E-state index contributed by atoms with van der Waals surface area (Å²) in [5.41, 5.74) is 6.79. The summed E-state index contributed by atoms with van der Waals surface area (Å²) in [4.78, 5) is 23.1. The fourth-order valence-electron chi connectivity index (χ4n) is 3.03. The zero-order valence-corrected chi connectivity index (χ0v) is 12.8. The summed E-state index contributed by atoms with van der Waals surface area (Å²) in [6.07, 6.45) is 4.32. The summed E-state index contributed by atoms with van der Waals surface area (Å²) in [5, 5.41) is 3.02. The summed E-state index contributed by atoms with van der Waals surface area (Å²) >= 11 is 0. The predicted octanol–water partition coefficient (Wildman–Crippen LogP) is 1.37. The van der Waals surface area contributed by atoms with Crippen LogP contribution in [0.1, 0.15) is 40.0 Å². The molecule has 1 rings (SSSR count). The molecule has 5 heteroatoms. The van der Waals surface area contributed by atoms with Gasteiger partial charge in [0.2, 0.25) is 5.91 Å². The fraction of sp³-hybridized carbons (Fsp3) is 0.733. The number of carbonyl (C=O) groups is 2. The zero-order valence-electron chi connectivity index (χ0n) is 12.8. The molecule has 1 aliphatic rings. The second kappa shape index (κ2) is 7.43. The summed E-state index contributed by atoms with van der Waals surface area (Å²) < 4.78 is 4.75. The van der Waals surface area contributed by atoms with Crippen molar-refractivity contribution in [3.63, 3.8) is 0 Å². The molecule has 0 aromatic rings. The lowest BCUT2D eigenvalue weighted by Crippen LogP contribution is -2.48. The minimum Gasteiger partial charge on any atom is -0.466 e. The first-order valence-corrected chi connectivity index (χ1v) is 7.26. The third kappa shape index (κ3) is 3.82. The molecule has 0 radical (unpaired) electrons. The van der Waals surface area contributed by atoms with Crippen LogP contribution in [0.3, 0.4) is 0 Å². The number of nitrogens with two attached hydrogens (primary N) is 1. The Morgan fingerprint density at radius 1 is 1.45 bits per heavy atom. The van der Waals surface area contributed by atoms with Crippen molar-refractivity contribution in [3.05, 3.63) is 11.6 Å². The van der Waals surface area contributed by atoms with Crippen LogP contribution in [0.4, 0.5) is 0 Å². The molecule has 0 aliphatic heterocycles. The number of nitrogens with one attached hydrogen (secondary N) is 1. The lowest BCUT2D eigenvalue weighted by molar-refractivity contribution is -0.136. The van der Waals surface area contributed by atoms with E-state index in [1.807, 2.05) is 6.08 Å². The molecule has 114 valence electrons. The van der Waals surface area contributed by atoms with Crippen molar-refractivity contribution < 1.29 is 14.3 Å². The van der Waals surface area contributed by atoms with E-state index in [0.717, 1.165) is 12.8 Å². The minimum absolute atomic E-state index is 0.0158. The van der Waals surface area contributed by atoms with Crippen LogP contribution in [0.2, 0.25) is 0 Å². The molecule has 20 heavy (non-hydrogen) atoms. The third-order valence-corrected chi connectivity index (χ3v) is 4.13. The van der Waals surface area contributed by atoms with Gasteiger partial charge in [-0.25, -0.2) is 4.79 Å². The highest BCUT2D eigenvalue weighted by molar-refractivity contribution is 5.89. The van der Waals surface area contributed by atoms with Crippen LogP contribution in [-0.2, 0) is 14.3 Å². The summed E-state index contributed by atoms with van der Waals surface area (Å²) in [6.45, 7) is 5.73. The third-order valence-electron chi connectivity index (χ3n) is 4.13. The molecule has 0 saturated heterocycles. The van der Waals surface area contributed by atoms with Gasteiger partial charge in [0.05, 0.1) is 7.11 Å². The molecule has 1 aliphatic carbocycles. The van der Waals surface area contributed by atoms with Gasteiger partial charge in [-0.3, -0.25) is 4.79 Å². The minimum atomic E-state index is -0.325. The largest absolute Gasteiger partial charge is 0.466 e. The van der Waals surface area contributed by atoms with Crippen LogP contribution in [0.25, 0.3) is 0 Å². The number of hydrogen-bond donors (Lipinski definition) is 2. The van der Waals surface area contributed by atoms with E-state index in [9.17, 15) is 9.59 Å². The van der Waals surface area contributed by atoms with Crippen LogP contribution < -0.4 is 11.1 Å². The van der Waals surface area contributed by atoms with Crippen molar-refractivity contribution >= 4 is 11.9 Å². The van der Waals surface area contributed by atoms with Crippen molar-refractivity contribution in [2.75, 3.05) is 7.11 Å². The Morgan fingerprint density at radius 3 is 2.50 bits per heavy atom. The molecule has 5 nitrogen and oxygen atoms in total.